The predicted molar refractivity (Wildman–Crippen MR) is 70.0 cm³/mol. The molecule has 0 amide bonds. The van der Waals surface area contributed by atoms with Crippen LogP contribution in [-0.2, 0) is 19.1 Å². The van der Waals surface area contributed by atoms with Gasteiger partial charge in [0.05, 0.1) is 13.2 Å². The molecule has 0 aromatic heterocycles. The summed E-state index contributed by atoms with van der Waals surface area (Å²) in [5.41, 5.74) is -1.30. The average molecular weight is 256 g/mol. The molecule has 0 aromatic carbocycles. The minimum atomic E-state index is -1.30. The Bertz CT molecular complexity index is 278. The van der Waals surface area contributed by atoms with Crippen molar-refractivity contribution in [1.82, 2.24) is 0 Å². The van der Waals surface area contributed by atoms with E-state index in [-0.39, 0.29) is 19.1 Å². The molecule has 18 heavy (non-hydrogen) atoms. The Balaban J connectivity index is 5.29. The molecule has 0 heterocycles. The zero-order valence-electron chi connectivity index (χ0n) is 11.8. The van der Waals surface area contributed by atoms with Gasteiger partial charge in [0, 0.05) is 5.92 Å². The Hall–Kier alpha value is -1.32. The Labute approximate surface area is 109 Å². The molecule has 0 fully saturated rings. The van der Waals surface area contributed by atoms with Gasteiger partial charge in [-0.25, -0.2) is 0 Å². The van der Waals surface area contributed by atoms with Crippen LogP contribution in [0.5, 0.6) is 0 Å². The first kappa shape index (κ1) is 16.7. The maximum absolute atomic E-state index is 12.1. The topological polar surface area (TPSA) is 52.6 Å². The highest BCUT2D eigenvalue weighted by atomic mass is 16.6. The molecule has 104 valence electrons. The van der Waals surface area contributed by atoms with Gasteiger partial charge < -0.3 is 9.47 Å². The Morgan fingerprint density at radius 1 is 1.17 bits per heavy atom. The molecular formula is C14H24O4. The number of hydrogen-bond acceptors (Lipinski definition) is 4. The van der Waals surface area contributed by atoms with Crippen molar-refractivity contribution in [3.63, 3.8) is 0 Å². The molecular weight excluding hydrogens is 232 g/mol. The summed E-state index contributed by atoms with van der Waals surface area (Å²) >= 11 is 0. The fourth-order valence-electron chi connectivity index (χ4n) is 1.90. The van der Waals surface area contributed by atoms with Crippen LogP contribution in [0.25, 0.3) is 0 Å². The summed E-state index contributed by atoms with van der Waals surface area (Å²) in [6, 6.07) is 0. The Morgan fingerprint density at radius 2 is 1.61 bits per heavy atom. The van der Waals surface area contributed by atoms with Crippen molar-refractivity contribution in [1.29, 1.82) is 0 Å². The molecule has 0 radical (unpaired) electrons. The van der Waals surface area contributed by atoms with E-state index < -0.39 is 17.4 Å². The minimum absolute atomic E-state index is 0.240. The van der Waals surface area contributed by atoms with Crippen molar-refractivity contribution in [3.8, 4) is 0 Å². The second-order valence-electron chi connectivity index (χ2n) is 4.27. The third-order valence-corrected chi connectivity index (χ3v) is 3.02. The van der Waals surface area contributed by atoms with E-state index in [9.17, 15) is 9.59 Å². The summed E-state index contributed by atoms with van der Waals surface area (Å²) in [6.45, 7) is 11.2. The van der Waals surface area contributed by atoms with Crippen molar-refractivity contribution in [2.45, 2.75) is 40.5 Å². The maximum atomic E-state index is 12.1. The summed E-state index contributed by atoms with van der Waals surface area (Å²) in [5.74, 6) is -1.36. The van der Waals surface area contributed by atoms with Crippen molar-refractivity contribution in [2.75, 3.05) is 13.2 Å². The molecule has 0 saturated heterocycles. The Morgan fingerprint density at radius 3 is 1.89 bits per heavy atom. The lowest BCUT2D eigenvalue weighted by molar-refractivity contribution is -0.174. The van der Waals surface area contributed by atoms with E-state index in [1.807, 2.05) is 6.92 Å². The van der Waals surface area contributed by atoms with Crippen LogP contribution < -0.4 is 0 Å². The monoisotopic (exact) mass is 256 g/mol. The molecule has 0 N–H and O–H groups in total. The zero-order valence-corrected chi connectivity index (χ0v) is 11.8. The van der Waals surface area contributed by atoms with Crippen molar-refractivity contribution in [3.05, 3.63) is 12.7 Å². The van der Waals surface area contributed by atoms with Gasteiger partial charge in [0.25, 0.3) is 0 Å². The highest BCUT2D eigenvalue weighted by Gasteiger charge is 2.49. The van der Waals surface area contributed by atoms with Gasteiger partial charge in [-0.1, -0.05) is 19.4 Å². The highest BCUT2D eigenvalue weighted by molar-refractivity contribution is 6.00. The Kier molecular flexibility index (Phi) is 7.32. The summed E-state index contributed by atoms with van der Waals surface area (Å²) in [6.07, 6.45) is 3.18. The van der Waals surface area contributed by atoms with Crippen molar-refractivity contribution < 1.29 is 19.1 Å². The minimum Gasteiger partial charge on any atom is -0.465 e. The van der Waals surface area contributed by atoms with Crippen molar-refractivity contribution >= 4 is 11.9 Å². The average Bonchev–Trinajstić information content (AvgIpc) is 2.35. The van der Waals surface area contributed by atoms with Crippen LogP contribution in [0, 0.1) is 11.3 Å². The van der Waals surface area contributed by atoms with Crippen molar-refractivity contribution in [2.24, 2.45) is 11.3 Å². The summed E-state index contributed by atoms with van der Waals surface area (Å²) < 4.78 is 10.0. The maximum Gasteiger partial charge on any atom is 0.323 e. The first-order valence-corrected chi connectivity index (χ1v) is 6.45. The summed E-state index contributed by atoms with van der Waals surface area (Å²) in [5, 5.41) is 0. The molecule has 1 unspecified atom stereocenters. The summed E-state index contributed by atoms with van der Waals surface area (Å²) in [4.78, 5) is 24.2. The molecule has 0 bridgehead atoms. The lowest BCUT2D eigenvalue weighted by Crippen LogP contribution is -2.45. The second-order valence-corrected chi connectivity index (χ2v) is 4.27. The highest BCUT2D eigenvalue weighted by Crippen LogP contribution is 2.35. The fourth-order valence-corrected chi connectivity index (χ4v) is 1.90. The molecule has 0 spiro atoms. The van der Waals surface area contributed by atoms with E-state index in [2.05, 4.69) is 6.58 Å². The molecule has 0 aliphatic rings. The summed E-state index contributed by atoms with van der Waals surface area (Å²) in [7, 11) is 0. The number of esters is 2. The van der Waals surface area contributed by atoms with Crippen LogP contribution in [0.15, 0.2) is 12.7 Å². The number of hydrogen-bond donors (Lipinski definition) is 0. The quantitative estimate of drug-likeness (QED) is 0.380. The lowest BCUT2D eigenvalue weighted by Gasteiger charge is -2.31. The van der Waals surface area contributed by atoms with Gasteiger partial charge in [-0.3, -0.25) is 9.59 Å². The van der Waals surface area contributed by atoms with E-state index in [1.54, 1.807) is 26.8 Å². The van der Waals surface area contributed by atoms with Gasteiger partial charge in [0.15, 0.2) is 5.41 Å². The van der Waals surface area contributed by atoms with Gasteiger partial charge in [-0.05, 0) is 27.2 Å². The van der Waals surface area contributed by atoms with E-state index in [1.165, 1.54) is 0 Å². The van der Waals surface area contributed by atoms with Gasteiger partial charge >= 0.3 is 11.9 Å². The molecule has 4 nitrogen and oxygen atoms in total. The van der Waals surface area contributed by atoms with Crippen LogP contribution in [0.1, 0.15) is 40.5 Å². The third kappa shape index (κ3) is 3.59. The number of carbonyl (C=O) groups is 2. The van der Waals surface area contributed by atoms with E-state index in [4.69, 9.17) is 9.47 Å². The number of rotatable bonds is 8. The zero-order chi connectivity index (χ0) is 14.2. The molecule has 0 rings (SSSR count). The van der Waals surface area contributed by atoms with E-state index >= 15 is 0 Å². The lowest BCUT2D eigenvalue weighted by atomic mass is 9.74. The molecule has 4 heteroatoms. The molecule has 0 aliphatic heterocycles. The number of ether oxygens (including phenoxy) is 2. The van der Waals surface area contributed by atoms with Crippen LogP contribution in [-0.4, -0.2) is 25.2 Å². The smallest absolute Gasteiger partial charge is 0.323 e. The third-order valence-electron chi connectivity index (χ3n) is 3.02. The first-order valence-electron chi connectivity index (χ1n) is 6.45. The van der Waals surface area contributed by atoms with Gasteiger partial charge in [-0.15, -0.1) is 6.58 Å². The standard InChI is InChI=1S/C14H24O4/c1-6-10-11(7-2)14(5,12(15)17-8-3)13(16)18-9-4/h7,11H,2,6,8-10H2,1,3-5H3. The molecule has 0 saturated carbocycles. The molecule has 0 aromatic rings. The number of carbonyl (C=O) groups excluding carboxylic acids is 2. The second kappa shape index (κ2) is 7.90. The SMILES string of the molecule is C=CC(CCC)C(C)(C(=O)OCC)C(=O)OCC. The van der Waals surface area contributed by atoms with E-state index in [0.717, 1.165) is 6.42 Å². The first-order chi connectivity index (χ1) is 8.48. The van der Waals surface area contributed by atoms with Gasteiger partial charge in [0.1, 0.15) is 0 Å². The van der Waals surface area contributed by atoms with Gasteiger partial charge in [0.2, 0.25) is 0 Å². The fraction of sp³-hybridized carbons (Fsp3) is 0.714. The van der Waals surface area contributed by atoms with Crippen LogP contribution in [0.2, 0.25) is 0 Å². The predicted octanol–water partition coefficient (Wildman–Crippen LogP) is 2.72. The normalized spacial score (nSPS) is 12.7. The molecule has 0 aliphatic carbocycles. The van der Waals surface area contributed by atoms with Crippen LogP contribution >= 0.6 is 0 Å². The van der Waals surface area contributed by atoms with Crippen LogP contribution in [0.4, 0.5) is 0 Å². The van der Waals surface area contributed by atoms with Crippen LogP contribution in [0.3, 0.4) is 0 Å². The number of allylic oxidation sites excluding steroid dienone is 1. The van der Waals surface area contributed by atoms with Gasteiger partial charge in [-0.2, -0.15) is 0 Å². The molecule has 1 atom stereocenters. The largest absolute Gasteiger partial charge is 0.465 e. The van der Waals surface area contributed by atoms with E-state index in [0.29, 0.717) is 6.42 Å².